The molecule has 0 radical (unpaired) electrons. The Morgan fingerprint density at radius 1 is 1.10 bits per heavy atom. The predicted octanol–water partition coefficient (Wildman–Crippen LogP) is 4.75. The summed E-state index contributed by atoms with van der Waals surface area (Å²) in [5.41, 5.74) is 4.83. The molecule has 2 rings (SSSR count). The Balaban J connectivity index is 2.10. The van der Waals surface area contributed by atoms with Gasteiger partial charge in [0.15, 0.2) is 0 Å². The first-order valence-electron chi connectivity index (χ1n) is 7.00. The van der Waals surface area contributed by atoms with Gasteiger partial charge in [-0.1, -0.05) is 59.7 Å². The molecule has 1 unspecified atom stereocenters. The van der Waals surface area contributed by atoms with Gasteiger partial charge >= 0.3 is 5.97 Å². The fourth-order valence-electron chi connectivity index (χ4n) is 2.45. The summed E-state index contributed by atoms with van der Waals surface area (Å²) in [6.07, 6.45) is 0.152. The number of carboxylic acid groups (broad SMARTS) is 1. The summed E-state index contributed by atoms with van der Waals surface area (Å²) in [7, 11) is 0. The minimum absolute atomic E-state index is 0.00971. The van der Waals surface area contributed by atoms with Gasteiger partial charge < -0.3 is 5.11 Å². The number of carbonyl (C=O) groups is 1. The number of aliphatic carboxylic acids is 1. The van der Waals surface area contributed by atoms with Crippen LogP contribution in [0.3, 0.4) is 0 Å². The smallest absolute Gasteiger partial charge is 0.304 e. The molecular weight excluding hydrogens is 280 g/mol. The molecule has 0 saturated heterocycles. The maximum Gasteiger partial charge on any atom is 0.304 e. The molecule has 110 valence electrons. The van der Waals surface area contributed by atoms with E-state index < -0.39 is 5.97 Å². The molecule has 0 amide bonds. The maximum absolute atomic E-state index is 11.1. The highest BCUT2D eigenvalue weighted by molar-refractivity contribution is 7.98. The standard InChI is InChI=1S/C18H20O2S/c1-13-8-14(2)10-15(9-13)12-21-17(11-18(19)20)16-6-4-3-5-7-16/h3-10,17H,11-12H2,1-2H3,(H,19,20). The number of benzene rings is 2. The Bertz CT molecular complexity index is 588. The summed E-state index contributed by atoms with van der Waals surface area (Å²) in [6.45, 7) is 4.18. The van der Waals surface area contributed by atoms with E-state index in [2.05, 4.69) is 32.0 Å². The first kappa shape index (κ1) is 15.6. The first-order valence-corrected chi connectivity index (χ1v) is 8.05. The maximum atomic E-state index is 11.1. The third-order valence-electron chi connectivity index (χ3n) is 3.26. The summed E-state index contributed by atoms with van der Waals surface area (Å²) >= 11 is 1.69. The molecular formula is C18H20O2S. The molecule has 0 bridgehead atoms. The van der Waals surface area contributed by atoms with Crippen molar-refractivity contribution in [3.05, 3.63) is 70.8 Å². The van der Waals surface area contributed by atoms with Gasteiger partial charge in [0, 0.05) is 11.0 Å². The van der Waals surface area contributed by atoms with E-state index in [1.807, 2.05) is 30.3 Å². The van der Waals surface area contributed by atoms with Crippen LogP contribution >= 0.6 is 11.8 Å². The molecule has 0 fully saturated rings. The molecule has 0 saturated carbocycles. The van der Waals surface area contributed by atoms with Gasteiger partial charge in [0.1, 0.15) is 0 Å². The van der Waals surface area contributed by atoms with Crippen molar-refractivity contribution in [2.45, 2.75) is 31.3 Å². The van der Waals surface area contributed by atoms with Gasteiger partial charge in [0.05, 0.1) is 6.42 Å². The lowest BCUT2D eigenvalue weighted by molar-refractivity contribution is -0.137. The third-order valence-corrected chi connectivity index (χ3v) is 4.61. The fraction of sp³-hybridized carbons (Fsp3) is 0.278. The SMILES string of the molecule is Cc1cc(C)cc(CSC(CC(=O)O)c2ccccc2)c1. The number of thioether (sulfide) groups is 1. The number of hydrogen-bond acceptors (Lipinski definition) is 2. The van der Waals surface area contributed by atoms with Crippen LogP contribution in [0.2, 0.25) is 0 Å². The van der Waals surface area contributed by atoms with Gasteiger partial charge in [-0.05, 0) is 25.0 Å². The summed E-state index contributed by atoms with van der Waals surface area (Å²) in [6, 6.07) is 16.4. The van der Waals surface area contributed by atoms with E-state index in [0.717, 1.165) is 11.3 Å². The van der Waals surface area contributed by atoms with Crippen molar-refractivity contribution in [2.75, 3.05) is 0 Å². The lowest BCUT2D eigenvalue weighted by atomic mass is 10.1. The van der Waals surface area contributed by atoms with E-state index in [4.69, 9.17) is 5.11 Å². The largest absolute Gasteiger partial charge is 0.481 e. The molecule has 2 aromatic rings. The topological polar surface area (TPSA) is 37.3 Å². The Hall–Kier alpha value is -1.74. The number of hydrogen-bond donors (Lipinski definition) is 1. The van der Waals surface area contributed by atoms with E-state index in [0.29, 0.717) is 0 Å². The van der Waals surface area contributed by atoms with E-state index in [-0.39, 0.29) is 11.7 Å². The first-order chi connectivity index (χ1) is 10.0. The molecule has 1 atom stereocenters. The zero-order chi connectivity index (χ0) is 15.2. The highest BCUT2D eigenvalue weighted by Crippen LogP contribution is 2.34. The monoisotopic (exact) mass is 300 g/mol. The lowest BCUT2D eigenvalue weighted by Gasteiger charge is -2.15. The second-order valence-corrected chi connectivity index (χ2v) is 6.50. The molecule has 3 heteroatoms. The van der Waals surface area contributed by atoms with E-state index in [1.54, 1.807) is 11.8 Å². The second kappa shape index (κ2) is 7.32. The van der Waals surface area contributed by atoms with Crippen LogP contribution < -0.4 is 0 Å². The molecule has 2 nitrogen and oxygen atoms in total. The Morgan fingerprint density at radius 2 is 1.71 bits per heavy atom. The third kappa shape index (κ3) is 4.94. The minimum Gasteiger partial charge on any atom is -0.481 e. The Morgan fingerprint density at radius 3 is 2.29 bits per heavy atom. The van der Waals surface area contributed by atoms with E-state index in [1.165, 1.54) is 16.7 Å². The van der Waals surface area contributed by atoms with Crippen molar-refractivity contribution >= 4 is 17.7 Å². The summed E-state index contributed by atoms with van der Waals surface area (Å²) < 4.78 is 0. The average molecular weight is 300 g/mol. The van der Waals surface area contributed by atoms with Crippen molar-refractivity contribution in [1.82, 2.24) is 0 Å². The molecule has 0 spiro atoms. The molecule has 2 aromatic carbocycles. The summed E-state index contributed by atoms with van der Waals surface area (Å²) in [4.78, 5) is 11.1. The van der Waals surface area contributed by atoms with Crippen molar-refractivity contribution in [1.29, 1.82) is 0 Å². The predicted molar refractivity (Wildman–Crippen MR) is 88.6 cm³/mol. The normalized spacial score (nSPS) is 12.1. The van der Waals surface area contributed by atoms with Gasteiger partial charge in [-0.3, -0.25) is 4.79 Å². The quantitative estimate of drug-likeness (QED) is 0.836. The van der Waals surface area contributed by atoms with Crippen LogP contribution in [0.15, 0.2) is 48.5 Å². The van der Waals surface area contributed by atoms with Crippen LogP contribution in [-0.2, 0) is 10.5 Å². The zero-order valence-electron chi connectivity index (χ0n) is 12.4. The second-order valence-electron chi connectivity index (χ2n) is 5.30. The highest BCUT2D eigenvalue weighted by atomic mass is 32.2. The molecule has 1 N–H and O–H groups in total. The van der Waals surface area contributed by atoms with Crippen LogP contribution in [0.5, 0.6) is 0 Å². The van der Waals surface area contributed by atoms with Crippen LogP contribution in [0.4, 0.5) is 0 Å². The van der Waals surface area contributed by atoms with Crippen LogP contribution in [0.25, 0.3) is 0 Å². The van der Waals surface area contributed by atoms with Crippen molar-refractivity contribution in [3.8, 4) is 0 Å². The fourth-order valence-corrected chi connectivity index (χ4v) is 3.62. The van der Waals surface area contributed by atoms with Crippen LogP contribution in [0.1, 0.15) is 33.9 Å². The van der Waals surface area contributed by atoms with Crippen LogP contribution in [0, 0.1) is 13.8 Å². The highest BCUT2D eigenvalue weighted by Gasteiger charge is 2.16. The van der Waals surface area contributed by atoms with Gasteiger partial charge in [-0.2, -0.15) is 0 Å². The van der Waals surface area contributed by atoms with Gasteiger partial charge in [0.25, 0.3) is 0 Å². The summed E-state index contributed by atoms with van der Waals surface area (Å²) in [5.74, 6) is 0.0757. The van der Waals surface area contributed by atoms with Gasteiger partial charge in [-0.25, -0.2) is 0 Å². The molecule has 0 aliphatic carbocycles. The molecule has 0 aromatic heterocycles. The van der Waals surface area contributed by atoms with Gasteiger partial charge in [0.2, 0.25) is 0 Å². The van der Waals surface area contributed by atoms with Crippen molar-refractivity contribution in [3.63, 3.8) is 0 Å². The van der Waals surface area contributed by atoms with Crippen molar-refractivity contribution < 1.29 is 9.90 Å². The molecule has 21 heavy (non-hydrogen) atoms. The number of carboxylic acids is 1. The van der Waals surface area contributed by atoms with Gasteiger partial charge in [-0.15, -0.1) is 11.8 Å². The Kier molecular flexibility index (Phi) is 5.45. The molecule has 0 aliphatic rings. The average Bonchev–Trinajstić information content (AvgIpc) is 2.43. The number of aryl methyl sites for hydroxylation is 2. The van der Waals surface area contributed by atoms with E-state index >= 15 is 0 Å². The summed E-state index contributed by atoms with van der Waals surface area (Å²) in [5, 5.41) is 9.11. The van der Waals surface area contributed by atoms with Crippen molar-refractivity contribution in [2.24, 2.45) is 0 Å². The molecule has 0 aliphatic heterocycles. The molecule has 0 heterocycles. The number of rotatable bonds is 6. The zero-order valence-corrected chi connectivity index (χ0v) is 13.2. The lowest BCUT2D eigenvalue weighted by Crippen LogP contribution is -2.03. The van der Waals surface area contributed by atoms with Crippen LogP contribution in [-0.4, -0.2) is 11.1 Å². The minimum atomic E-state index is -0.753. The Labute approximate surface area is 130 Å². The van der Waals surface area contributed by atoms with E-state index in [9.17, 15) is 4.79 Å².